The van der Waals surface area contributed by atoms with Crippen molar-refractivity contribution in [3.05, 3.63) is 51.2 Å². The molecule has 4 rings (SSSR count). The number of imidazole rings is 1. The van der Waals surface area contributed by atoms with Crippen LogP contribution in [-0.2, 0) is 9.53 Å². The fourth-order valence-corrected chi connectivity index (χ4v) is 4.69. The van der Waals surface area contributed by atoms with Crippen LogP contribution in [0.3, 0.4) is 0 Å². The number of hydrogen-bond donors (Lipinski definition) is 2. The molecule has 4 aromatic rings. The van der Waals surface area contributed by atoms with E-state index in [2.05, 4.69) is 19.7 Å². The fourth-order valence-electron chi connectivity index (χ4n) is 3.08. The van der Waals surface area contributed by atoms with E-state index in [1.165, 1.54) is 17.4 Å². The summed E-state index contributed by atoms with van der Waals surface area (Å²) in [6.45, 7) is 1.68. The van der Waals surface area contributed by atoms with E-state index in [9.17, 15) is 19.5 Å². The molecule has 0 radical (unpaired) electrons. The van der Waals surface area contributed by atoms with Crippen molar-refractivity contribution in [2.45, 2.75) is 13.3 Å². The van der Waals surface area contributed by atoms with Crippen molar-refractivity contribution in [2.75, 3.05) is 19.1 Å². The Bertz CT molecular complexity index is 1400. The highest BCUT2D eigenvalue weighted by atomic mass is 32.1. The van der Waals surface area contributed by atoms with Crippen LogP contribution in [0.4, 0.5) is 10.9 Å². The van der Waals surface area contributed by atoms with E-state index in [1.54, 1.807) is 43.7 Å². The van der Waals surface area contributed by atoms with Crippen LogP contribution in [0.2, 0.25) is 0 Å². The van der Waals surface area contributed by atoms with Gasteiger partial charge in [-0.2, -0.15) is 0 Å². The maximum absolute atomic E-state index is 12.7. The van der Waals surface area contributed by atoms with E-state index in [4.69, 9.17) is 4.74 Å². The first-order valence-electron chi connectivity index (χ1n) is 9.89. The second kappa shape index (κ2) is 9.49. The number of anilines is 2. The van der Waals surface area contributed by atoms with Crippen LogP contribution >= 0.6 is 22.7 Å². The highest BCUT2D eigenvalue weighted by Gasteiger charge is 2.26. The molecule has 3 heterocycles. The Labute approximate surface area is 200 Å². The van der Waals surface area contributed by atoms with Gasteiger partial charge in [0, 0.05) is 22.7 Å². The summed E-state index contributed by atoms with van der Waals surface area (Å²) in [7, 11) is 2.78. The predicted molar refractivity (Wildman–Crippen MR) is 127 cm³/mol. The number of benzene rings is 1. The second-order valence-corrected chi connectivity index (χ2v) is 8.44. The summed E-state index contributed by atoms with van der Waals surface area (Å²) in [5.41, 5.74) is 0.260. The zero-order valence-corrected chi connectivity index (χ0v) is 19.9. The number of H-pyrrole nitrogens is 1. The number of thiazole rings is 2. The van der Waals surface area contributed by atoms with Crippen LogP contribution in [-0.4, -0.2) is 50.7 Å². The third-order valence-electron chi connectivity index (χ3n) is 4.78. The van der Waals surface area contributed by atoms with Crippen molar-refractivity contribution in [1.29, 1.82) is 0 Å². The Hall–Kier alpha value is -3.97. The summed E-state index contributed by atoms with van der Waals surface area (Å²) in [6.07, 6.45) is 0.150. The number of hydrogen-bond acceptors (Lipinski definition) is 10. The highest BCUT2D eigenvalue weighted by Crippen LogP contribution is 2.34. The lowest BCUT2D eigenvalue weighted by Crippen LogP contribution is -2.25. The molecule has 1 aromatic carbocycles. The van der Waals surface area contributed by atoms with Crippen LogP contribution in [0, 0.1) is 0 Å². The van der Waals surface area contributed by atoms with Gasteiger partial charge in [0.25, 0.3) is 0 Å². The molecule has 0 aliphatic rings. The monoisotopic (exact) mass is 501 g/mol. The van der Waals surface area contributed by atoms with Crippen LogP contribution < -0.4 is 15.3 Å². The number of rotatable bonds is 7. The summed E-state index contributed by atoms with van der Waals surface area (Å²) in [4.78, 5) is 49.6. The molecule has 0 atom stereocenters. The van der Waals surface area contributed by atoms with Gasteiger partial charge in [0.2, 0.25) is 16.9 Å². The third kappa shape index (κ3) is 4.18. The highest BCUT2D eigenvalue weighted by molar-refractivity contribution is 7.14. The summed E-state index contributed by atoms with van der Waals surface area (Å²) < 4.78 is 10.8. The van der Waals surface area contributed by atoms with Gasteiger partial charge in [0.05, 0.1) is 14.2 Å². The number of ether oxygens (including phenoxy) is 2. The maximum Gasteiger partial charge on any atom is 0.357 e. The lowest BCUT2D eigenvalue weighted by Gasteiger charge is -2.16. The molecule has 2 N–H and O–H groups in total. The van der Waals surface area contributed by atoms with Crippen molar-refractivity contribution in [3.8, 4) is 28.0 Å². The molecular formula is C21H19N5O6S2. The summed E-state index contributed by atoms with van der Waals surface area (Å²) in [5.74, 6) is -0.428. The van der Waals surface area contributed by atoms with Gasteiger partial charge in [-0.05, 0) is 24.3 Å². The molecule has 0 aliphatic carbocycles. The summed E-state index contributed by atoms with van der Waals surface area (Å²) in [6, 6.07) is 6.81. The van der Waals surface area contributed by atoms with Crippen molar-refractivity contribution in [3.63, 3.8) is 0 Å². The standard InChI is InChI=1S/C21H19N5O6S2/c1-4-15(27)25(20-22-13(9-33-20)18(29)32-3)14-10-34-21(23-14)26-17(28)16(24-19(26)30)11-5-7-12(31-2)8-6-11/h5-10,28H,4H2,1-3H3,(H,24,30). The predicted octanol–water partition coefficient (Wildman–Crippen LogP) is 3.32. The molecule has 0 spiro atoms. The van der Waals surface area contributed by atoms with Gasteiger partial charge in [0.1, 0.15) is 11.4 Å². The number of nitrogens with zero attached hydrogens (tertiary/aromatic N) is 4. The third-order valence-corrected chi connectivity index (χ3v) is 6.42. The van der Waals surface area contributed by atoms with Gasteiger partial charge in [-0.1, -0.05) is 6.92 Å². The summed E-state index contributed by atoms with van der Waals surface area (Å²) in [5, 5.41) is 14.2. The minimum Gasteiger partial charge on any atom is -0.497 e. The topological polar surface area (TPSA) is 140 Å². The molecule has 1 amide bonds. The normalized spacial score (nSPS) is 10.8. The molecule has 13 heteroatoms. The van der Waals surface area contributed by atoms with Gasteiger partial charge in [0.15, 0.2) is 16.6 Å². The average Bonchev–Trinajstić information content (AvgIpc) is 3.58. The fraction of sp³-hybridized carbons (Fsp3) is 0.190. The average molecular weight is 502 g/mol. The molecule has 34 heavy (non-hydrogen) atoms. The smallest absolute Gasteiger partial charge is 0.357 e. The van der Waals surface area contributed by atoms with Crippen molar-refractivity contribution >= 4 is 45.5 Å². The van der Waals surface area contributed by atoms with E-state index in [0.717, 1.165) is 27.2 Å². The van der Waals surface area contributed by atoms with E-state index in [0.29, 0.717) is 11.3 Å². The first-order valence-corrected chi connectivity index (χ1v) is 11.6. The van der Waals surface area contributed by atoms with Gasteiger partial charge in [-0.25, -0.2) is 29.0 Å². The Kier molecular flexibility index (Phi) is 6.47. The first kappa shape index (κ1) is 23.2. The number of carbonyl (C=O) groups is 2. The molecule has 0 saturated heterocycles. The number of aromatic nitrogens is 4. The van der Waals surface area contributed by atoms with Gasteiger partial charge < -0.3 is 19.6 Å². The largest absolute Gasteiger partial charge is 0.497 e. The zero-order valence-electron chi connectivity index (χ0n) is 18.3. The molecule has 11 nitrogen and oxygen atoms in total. The van der Waals surface area contributed by atoms with E-state index in [-0.39, 0.29) is 45.7 Å². The van der Waals surface area contributed by atoms with Crippen LogP contribution in [0.15, 0.2) is 39.8 Å². The van der Waals surface area contributed by atoms with Crippen molar-refractivity contribution in [1.82, 2.24) is 19.5 Å². The number of amides is 1. The van der Waals surface area contributed by atoms with Gasteiger partial charge in [-0.3, -0.25) is 4.79 Å². The molecule has 0 bridgehead atoms. The molecule has 3 aromatic heterocycles. The minimum absolute atomic E-state index is 0.0653. The van der Waals surface area contributed by atoms with E-state index in [1.807, 2.05) is 0 Å². The Balaban J connectivity index is 1.72. The molecule has 0 aliphatic heterocycles. The number of esters is 1. The Morgan fingerprint density at radius 2 is 1.88 bits per heavy atom. The van der Waals surface area contributed by atoms with Crippen LogP contribution in [0.5, 0.6) is 11.6 Å². The summed E-state index contributed by atoms with van der Waals surface area (Å²) >= 11 is 2.14. The molecule has 0 fully saturated rings. The van der Waals surface area contributed by atoms with Gasteiger partial charge >= 0.3 is 11.7 Å². The number of nitrogens with one attached hydrogen (secondary N) is 1. The Morgan fingerprint density at radius 3 is 2.53 bits per heavy atom. The molecule has 176 valence electrons. The maximum atomic E-state index is 12.7. The van der Waals surface area contributed by atoms with E-state index < -0.39 is 11.7 Å². The molecular weight excluding hydrogens is 482 g/mol. The first-order chi connectivity index (χ1) is 16.4. The zero-order chi connectivity index (χ0) is 24.4. The van der Waals surface area contributed by atoms with Crippen LogP contribution in [0.1, 0.15) is 23.8 Å². The number of aromatic amines is 1. The van der Waals surface area contributed by atoms with Crippen LogP contribution in [0.25, 0.3) is 16.4 Å². The molecule has 0 saturated carbocycles. The number of methoxy groups -OCH3 is 2. The Morgan fingerprint density at radius 1 is 1.15 bits per heavy atom. The second-order valence-electron chi connectivity index (χ2n) is 6.77. The number of carbonyl (C=O) groups excluding carboxylic acids is 2. The molecule has 0 unspecified atom stereocenters. The van der Waals surface area contributed by atoms with E-state index >= 15 is 0 Å². The lowest BCUT2D eigenvalue weighted by atomic mass is 10.1. The van der Waals surface area contributed by atoms with Gasteiger partial charge in [-0.15, -0.1) is 22.7 Å². The lowest BCUT2D eigenvalue weighted by molar-refractivity contribution is -0.117. The quantitative estimate of drug-likeness (QED) is 0.368. The SMILES string of the molecule is CCC(=O)N(c1csc(-n2c(O)c(-c3ccc(OC)cc3)[nH]c2=O)n1)c1nc(C(=O)OC)cs1. The minimum atomic E-state index is -0.625. The number of aromatic hydroxyl groups is 1. The van der Waals surface area contributed by atoms with Crippen molar-refractivity contribution < 1.29 is 24.2 Å². The van der Waals surface area contributed by atoms with Crippen molar-refractivity contribution in [2.24, 2.45) is 0 Å².